The van der Waals surface area contributed by atoms with Crippen molar-refractivity contribution in [1.82, 2.24) is 0 Å². The third-order valence-electron chi connectivity index (χ3n) is 4.43. The van der Waals surface area contributed by atoms with Crippen LogP contribution in [0.5, 0.6) is 5.75 Å². The third kappa shape index (κ3) is 2.01. The Morgan fingerprint density at radius 1 is 0.773 bits per heavy atom. The predicted octanol–water partition coefficient (Wildman–Crippen LogP) is 5.25. The average molecular weight is 286 g/mol. The first-order valence-electron chi connectivity index (χ1n) is 7.64. The summed E-state index contributed by atoms with van der Waals surface area (Å²) in [6, 6.07) is 19.0. The zero-order valence-electron chi connectivity index (χ0n) is 12.9. The number of hydrogen-bond acceptors (Lipinski definition) is 1. The molecule has 3 aromatic rings. The van der Waals surface area contributed by atoms with E-state index < -0.39 is 0 Å². The molecule has 0 amide bonds. The maximum absolute atomic E-state index is 9.94. The number of benzene rings is 3. The molecule has 0 spiro atoms. The van der Waals surface area contributed by atoms with Gasteiger partial charge in [0, 0.05) is 0 Å². The van der Waals surface area contributed by atoms with Crippen LogP contribution in [-0.4, -0.2) is 5.11 Å². The second kappa shape index (κ2) is 4.74. The van der Waals surface area contributed by atoms with E-state index in [1.165, 1.54) is 33.4 Å². The number of fused-ring (bicyclic) bond motifs is 3. The number of phenolic OH excluding ortho intramolecular Hbond substituents is 1. The highest BCUT2D eigenvalue weighted by molar-refractivity contribution is 5.90. The van der Waals surface area contributed by atoms with E-state index in [1.54, 1.807) is 6.07 Å². The Hall–Kier alpha value is -2.54. The molecule has 1 nitrogen and oxygen atoms in total. The summed E-state index contributed by atoms with van der Waals surface area (Å²) in [7, 11) is 0. The van der Waals surface area contributed by atoms with Gasteiger partial charge in [-0.15, -0.1) is 0 Å². The van der Waals surface area contributed by atoms with E-state index in [0.717, 1.165) is 17.5 Å². The first kappa shape index (κ1) is 13.1. The summed E-state index contributed by atoms with van der Waals surface area (Å²) in [6.07, 6.45) is 0.998. The molecule has 1 N–H and O–H groups in total. The van der Waals surface area contributed by atoms with E-state index in [-0.39, 0.29) is 0 Å². The molecule has 0 atom stereocenters. The Morgan fingerprint density at radius 2 is 1.64 bits per heavy atom. The number of hydrogen-bond donors (Lipinski definition) is 1. The standard InChI is InChI=1S/C21H18O/c1-13-6-7-20-16(8-13)11-15-4-3-5-19(21(15)20)17-9-14(2)10-18(22)12-17/h3-10,12,22H,11H2,1-2H3. The molecule has 0 saturated carbocycles. The minimum absolute atomic E-state index is 0.328. The van der Waals surface area contributed by atoms with Crippen LogP contribution in [0.4, 0.5) is 0 Å². The van der Waals surface area contributed by atoms with Crippen LogP contribution >= 0.6 is 0 Å². The second-order valence-electron chi connectivity index (χ2n) is 6.23. The zero-order chi connectivity index (χ0) is 15.3. The van der Waals surface area contributed by atoms with E-state index in [0.29, 0.717) is 5.75 Å². The van der Waals surface area contributed by atoms with Gasteiger partial charge in [0.2, 0.25) is 0 Å². The van der Waals surface area contributed by atoms with E-state index in [9.17, 15) is 5.11 Å². The highest BCUT2D eigenvalue weighted by Gasteiger charge is 2.22. The molecule has 0 bridgehead atoms. The fourth-order valence-corrected chi connectivity index (χ4v) is 3.54. The van der Waals surface area contributed by atoms with Crippen molar-refractivity contribution in [3.63, 3.8) is 0 Å². The van der Waals surface area contributed by atoms with Crippen LogP contribution < -0.4 is 0 Å². The Kier molecular flexibility index (Phi) is 2.83. The Morgan fingerprint density at radius 3 is 2.45 bits per heavy atom. The smallest absolute Gasteiger partial charge is 0.116 e. The third-order valence-corrected chi connectivity index (χ3v) is 4.43. The van der Waals surface area contributed by atoms with Crippen LogP contribution in [0.3, 0.4) is 0 Å². The van der Waals surface area contributed by atoms with Gasteiger partial charge >= 0.3 is 0 Å². The molecule has 4 rings (SSSR count). The molecule has 0 radical (unpaired) electrons. The monoisotopic (exact) mass is 286 g/mol. The largest absolute Gasteiger partial charge is 0.508 e. The first-order valence-corrected chi connectivity index (χ1v) is 7.64. The Labute approximate surface area is 130 Å². The van der Waals surface area contributed by atoms with Crippen molar-refractivity contribution >= 4 is 0 Å². The van der Waals surface area contributed by atoms with Gasteiger partial charge in [-0.05, 0) is 71.3 Å². The van der Waals surface area contributed by atoms with E-state index in [1.807, 2.05) is 13.0 Å². The van der Waals surface area contributed by atoms with Crippen LogP contribution in [0.1, 0.15) is 22.3 Å². The lowest BCUT2D eigenvalue weighted by atomic mass is 9.93. The van der Waals surface area contributed by atoms with Crippen LogP contribution in [0.2, 0.25) is 0 Å². The van der Waals surface area contributed by atoms with Crippen molar-refractivity contribution in [3.8, 4) is 28.0 Å². The fourth-order valence-electron chi connectivity index (χ4n) is 3.54. The molecule has 1 aliphatic carbocycles. The summed E-state index contributed by atoms with van der Waals surface area (Å²) in [5, 5.41) is 9.94. The van der Waals surface area contributed by atoms with Gasteiger partial charge in [-0.25, -0.2) is 0 Å². The molecule has 0 saturated heterocycles. The van der Waals surface area contributed by atoms with E-state index >= 15 is 0 Å². The van der Waals surface area contributed by atoms with Crippen molar-refractivity contribution < 1.29 is 5.11 Å². The molecule has 0 aromatic heterocycles. The van der Waals surface area contributed by atoms with Gasteiger partial charge < -0.3 is 5.11 Å². The maximum atomic E-state index is 9.94. The molecule has 0 fully saturated rings. The van der Waals surface area contributed by atoms with Crippen molar-refractivity contribution in [2.45, 2.75) is 20.3 Å². The van der Waals surface area contributed by atoms with Gasteiger partial charge in [-0.3, -0.25) is 0 Å². The molecule has 1 heteroatoms. The molecule has 0 unspecified atom stereocenters. The maximum Gasteiger partial charge on any atom is 0.116 e. The molecule has 0 heterocycles. The van der Waals surface area contributed by atoms with Crippen LogP contribution in [0.15, 0.2) is 54.6 Å². The summed E-state index contributed by atoms with van der Waals surface area (Å²) in [4.78, 5) is 0. The molecular formula is C21H18O. The number of aromatic hydroxyl groups is 1. The summed E-state index contributed by atoms with van der Waals surface area (Å²) in [5.41, 5.74) is 10.1. The molecule has 1 aliphatic rings. The highest BCUT2D eigenvalue weighted by atomic mass is 16.3. The van der Waals surface area contributed by atoms with Crippen LogP contribution in [0, 0.1) is 13.8 Å². The average Bonchev–Trinajstić information content (AvgIpc) is 2.83. The molecule has 3 aromatic carbocycles. The second-order valence-corrected chi connectivity index (χ2v) is 6.23. The number of phenols is 1. The van der Waals surface area contributed by atoms with Gasteiger partial charge in [-0.1, -0.05) is 48.0 Å². The highest BCUT2D eigenvalue weighted by Crippen LogP contribution is 2.43. The topological polar surface area (TPSA) is 20.2 Å². The Bertz CT molecular complexity index is 870. The van der Waals surface area contributed by atoms with Gasteiger partial charge in [0.15, 0.2) is 0 Å². The van der Waals surface area contributed by atoms with Crippen molar-refractivity contribution in [2.75, 3.05) is 0 Å². The van der Waals surface area contributed by atoms with E-state index in [2.05, 4.69) is 49.4 Å². The SMILES string of the molecule is Cc1cc(O)cc(-c2cccc3c2-c2ccc(C)cc2C3)c1. The lowest BCUT2D eigenvalue weighted by Gasteiger charge is -2.11. The van der Waals surface area contributed by atoms with Gasteiger partial charge in [0.1, 0.15) is 5.75 Å². The number of aryl methyl sites for hydroxylation is 2. The summed E-state index contributed by atoms with van der Waals surface area (Å²) < 4.78 is 0. The van der Waals surface area contributed by atoms with Crippen molar-refractivity contribution in [1.29, 1.82) is 0 Å². The molecule has 22 heavy (non-hydrogen) atoms. The minimum Gasteiger partial charge on any atom is -0.508 e. The lowest BCUT2D eigenvalue weighted by molar-refractivity contribution is 0.475. The normalized spacial score (nSPS) is 12.1. The summed E-state index contributed by atoms with van der Waals surface area (Å²) in [6.45, 7) is 4.16. The quantitative estimate of drug-likeness (QED) is 0.507. The van der Waals surface area contributed by atoms with Crippen LogP contribution in [-0.2, 0) is 6.42 Å². The van der Waals surface area contributed by atoms with Gasteiger partial charge in [0.25, 0.3) is 0 Å². The minimum atomic E-state index is 0.328. The predicted molar refractivity (Wildman–Crippen MR) is 91.3 cm³/mol. The Balaban J connectivity index is 1.98. The van der Waals surface area contributed by atoms with Gasteiger partial charge in [-0.2, -0.15) is 0 Å². The van der Waals surface area contributed by atoms with Crippen molar-refractivity contribution in [2.24, 2.45) is 0 Å². The van der Waals surface area contributed by atoms with Crippen molar-refractivity contribution in [3.05, 3.63) is 76.9 Å². The van der Waals surface area contributed by atoms with E-state index in [4.69, 9.17) is 0 Å². The fraction of sp³-hybridized carbons (Fsp3) is 0.143. The lowest BCUT2D eigenvalue weighted by Crippen LogP contribution is -1.87. The molecule has 0 aliphatic heterocycles. The zero-order valence-corrected chi connectivity index (χ0v) is 12.9. The molecule has 108 valence electrons. The summed E-state index contributed by atoms with van der Waals surface area (Å²) >= 11 is 0. The van der Waals surface area contributed by atoms with Gasteiger partial charge in [0.05, 0.1) is 0 Å². The first-order chi connectivity index (χ1) is 10.6. The van der Waals surface area contributed by atoms with Crippen LogP contribution in [0.25, 0.3) is 22.3 Å². The summed E-state index contributed by atoms with van der Waals surface area (Å²) in [5.74, 6) is 0.328. The number of rotatable bonds is 1. The molecular weight excluding hydrogens is 268 g/mol.